The summed E-state index contributed by atoms with van der Waals surface area (Å²) in [6.07, 6.45) is 0. The van der Waals surface area contributed by atoms with Crippen LogP contribution in [-0.4, -0.2) is 47.6 Å². The van der Waals surface area contributed by atoms with Crippen molar-refractivity contribution in [2.45, 2.75) is 0 Å². The number of thioether (sulfide) groups is 1. The van der Waals surface area contributed by atoms with Crippen LogP contribution in [-0.2, 0) is 0 Å². The quantitative estimate of drug-likeness (QED) is 0.924. The molecule has 15 heavy (non-hydrogen) atoms. The van der Waals surface area contributed by atoms with Gasteiger partial charge in [-0.25, -0.2) is 4.98 Å². The highest BCUT2D eigenvalue weighted by molar-refractivity contribution is 9.10. The summed E-state index contributed by atoms with van der Waals surface area (Å²) >= 11 is 7.04. The van der Waals surface area contributed by atoms with Crippen LogP contribution in [0.25, 0.3) is 0 Å². The van der Waals surface area contributed by atoms with Crippen LogP contribution in [0, 0.1) is 0 Å². The third-order valence-corrected chi connectivity index (χ3v) is 4.74. The van der Waals surface area contributed by atoms with Gasteiger partial charge in [-0.3, -0.25) is 4.90 Å². The number of nitrogens with zero attached hydrogens (tertiary/aromatic N) is 2. The standard InChI is InChI=1S/C9H14BrN3S2/c10-8-7-15-9(12-8)11-1-2-13-3-5-14-6-4-13/h7H,1-6H2,(H,11,12). The van der Waals surface area contributed by atoms with Gasteiger partial charge in [-0.1, -0.05) is 0 Å². The van der Waals surface area contributed by atoms with Crippen LogP contribution < -0.4 is 5.32 Å². The number of hydrogen-bond donors (Lipinski definition) is 1. The molecule has 1 aliphatic heterocycles. The molecule has 0 bridgehead atoms. The van der Waals surface area contributed by atoms with Crippen molar-refractivity contribution in [2.24, 2.45) is 0 Å². The first-order valence-corrected chi connectivity index (χ1v) is 7.82. The lowest BCUT2D eigenvalue weighted by Crippen LogP contribution is -2.36. The van der Waals surface area contributed by atoms with Gasteiger partial charge < -0.3 is 5.32 Å². The Bertz CT molecular complexity index is 299. The van der Waals surface area contributed by atoms with Gasteiger partial charge in [0.05, 0.1) is 0 Å². The zero-order valence-electron chi connectivity index (χ0n) is 8.41. The van der Waals surface area contributed by atoms with Crippen molar-refractivity contribution in [3.63, 3.8) is 0 Å². The zero-order valence-corrected chi connectivity index (χ0v) is 11.6. The first-order valence-electron chi connectivity index (χ1n) is 4.99. The van der Waals surface area contributed by atoms with Gasteiger partial charge in [0, 0.05) is 43.1 Å². The molecule has 1 saturated heterocycles. The molecule has 1 fully saturated rings. The lowest BCUT2D eigenvalue weighted by atomic mass is 10.4. The molecule has 0 saturated carbocycles. The summed E-state index contributed by atoms with van der Waals surface area (Å²) in [7, 11) is 0. The van der Waals surface area contributed by atoms with Gasteiger partial charge >= 0.3 is 0 Å². The second-order valence-electron chi connectivity index (χ2n) is 3.36. The monoisotopic (exact) mass is 307 g/mol. The molecule has 3 nitrogen and oxygen atoms in total. The van der Waals surface area contributed by atoms with E-state index in [2.05, 4.69) is 42.9 Å². The Morgan fingerprint density at radius 1 is 1.47 bits per heavy atom. The van der Waals surface area contributed by atoms with Crippen molar-refractivity contribution in [3.05, 3.63) is 9.98 Å². The van der Waals surface area contributed by atoms with E-state index in [0.717, 1.165) is 22.8 Å². The lowest BCUT2D eigenvalue weighted by molar-refractivity contribution is 0.314. The smallest absolute Gasteiger partial charge is 0.183 e. The summed E-state index contributed by atoms with van der Waals surface area (Å²) in [5.74, 6) is 2.56. The largest absolute Gasteiger partial charge is 0.360 e. The molecular formula is C9H14BrN3S2. The predicted molar refractivity (Wildman–Crippen MR) is 72.1 cm³/mol. The molecule has 0 spiro atoms. The third kappa shape index (κ3) is 3.94. The van der Waals surface area contributed by atoms with Crippen molar-refractivity contribution in [1.29, 1.82) is 0 Å². The number of halogens is 1. The van der Waals surface area contributed by atoms with E-state index in [4.69, 9.17) is 0 Å². The SMILES string of the molecule is Brc1csc(NCCN2CCSCC2)n1. The molecule has 84 valence electrons. The third-order valence-electron chi connectivity index (χ3n) is 2.28. The molecule has 1 aliphatic rings. The highest BCUT2D eigenvalue weighted by Crippen LogP contribution is 2.19. The van der Waals surface area contributed by atoms with Gasteiger partial charge in [0.25, 0.3) is 0 Å². The van der Waals surface area contributed by atoms with Crippen LogP contribution in [0.3, 0.4) is 0 Å². The molecule has 0 amide bonds. The van der Waals surface area contributed by atoms with E-state index in [-0.39, 0.29) is 0 Å². The Morgan fingerprint density at radius 2 is 2.27 bits per heavy atom. The summed E-state index contributed by atoms with van der Waals surface area (Å²) in [6, 6.07) is 0. The first kappa shape index (κ1) is 11.7. The zero-order chi connectivity index (χ0) is 10.5. The van der Waals surface area contributed by atoms with E-state index in [1.54, 1.807) is 11.3 Å². The minimum Gasteiger partial charge on any atom is -0.360 e. The van der Waals surface area contributed by atoms with Gasteiger partial charge in [0.2, 0.25) is 0 Å². The van der Waals surface area contributed by atoms with Crippen LogP contribution in [0.4, 0.5) is 5.13 Å². The lowest BCUT2D eigenvalue weighted by Gasteiger charge is -2.25. The summed E-state index contributed by atoms with van der Waals surface area (Å²) in [6.45, 7) is 4.57. The van der Waals surface area contributed by atoms with Crippen LogP contribution in [0.2, 0.25) is 0 Å². The van der Waals surface area contributed by atoms with Gasteiger partial charge in [-0.05, 0) is 15.9 Å². The molecule has 1 aromatic heterocycles. The van der Waals surface area contributed by atoms with Crippen molar-refractivity contribution in [2.75, 3.05) is 43.0 Å². The van der Waals surface area contributed by atoms with E-state index < -0.39 is 0 Å². The van der Waals surface area contributed by atoms with Crippen LogP contribution in [0.5, 0.6) is 0 Å². The molecule has 2 rings (SSSR count). The highest BCUT2D eigenvalue weighted by atomic mass is 79.9. The van der Waals surface area contributed by atoms with Gasteiger partial charge in [0.1, 0.15) is 4.60 Å². The second-order valence-corrected chi connectivity index (χ2v) is 6.25. The molecule has 0 aliphatic carbocycles. The first-order chi connectivity index (χ1) is 7.34. The fourth-order valence-electron chi connectivity index (χ4n) is 1.48. The molecule has 1 aromatic rings. The average molecular weight is 308 g/mol. The maximum atomic E-state index is 4.29. The Kier molecular flexibility index (Phi) is 4.74. The van der Waals surface area contributed by atoms with Crippen molar-refractivity contribution in [1.82, 2.24) is 9.88 Å². The molecule has 0 aromatic carbocycles. The second kappa shape index (κ2) is 6.08. The van der Waals surface area contributed by atoms with E-state index in [0.29, 0.717) is 0 Å². The average Bonchev–Trinajstić information content (AvgIpc) is 2.66. The molecule has 2 heterocycles. The Morgan fingerprint density at radius 3 is 2.93 bits per heavy atom. The summed E-state index contributed by atoms with van der Waals surface area (Å²) in [5, 5.41) is 6.35. The number of anilines is 1. The molecule has 0 unspecified atom stereocenters. The Balaban J connectivity index is 1.65. The maximum Gasteiger partial charge on any atom is 0.183 e. The number of hydrogen-bond acceptors (Lipinski definition) is 5. The number of rotatable bonds is 4. The number of nitrogens with one attached hydrogen (secondary N) is 1. The summed E-state index contributed by atoms with van der Waals surface area (Å²) in [5.41, 5.74) is 0. The van der Waals surface area contributed by atoms with E-state index in [1.807, 2.05) is 5.38 Å². The van der Waals surface area contributed by atoms with E-state index in [9.17, 15) is 0 Å². The fraction of sp³-hybridized carbons (Fsp3) is 0.667. The van der Waals surface area contributed by atoms with Crippen molar-refractivity contribution < 1.29 is 0 Å². The van der Waals surface area contributed by atoms with E-state index >= 15 is 0 Å². The topological polar surface area (TPSA) is 28.2 Å². The molecule has 1 N–H and O–H groups in total. The van der Waals surface area contributed by atoms with Crippen LogP contribution >= 0.6 is 39.0 Å². The fourth-order valence-corrected chi connectivity index (χ4v) is 3.63. The van der Waals surface area contributed by atoms with Crippen LogP contribution in [0.1, 0.15) is 0 Å². The minimum absolute atomic E-state index is 0.921. The summed E-state index contributed by atoms with van der Waals surface area (Å²) < 4.78 is 0.921. The van der Waals surface area contributed by atoms with E-state index in [1.165, 1.54) is 24.6 Å². The van der Waals surface area contributed by atoms with Crippen molar-refractivity contribution >= 4 is 44.2 Å². The molecule has 0 atom stereocenters. The molecule has 6 heteroatoms. The number of thiazole rings is 1. The Labute approximate surface area is 107 Å². The molecule has 0 radical (unpaired) electrons. The maximum absolute atomic E-state index is 4.29. The minimum atomic E-state index is 0.921. The number of aromatic nitrogens is 1. The summed E-state index contributed by atoms with van der Waals surface area (Å²) in [4.78, 5) is 6.80. The van der Waals surface area contributed by atoms with Gasteiger partial charge in [-0.2, -0.15) is 11.8 Å². The van der Waals surface area contributed by atoms with Gasteiger partial charge in [-0.15, -0.1) is 11.3 Å². The van der Waals surface area contributed by atoms with Crippen molar-refractivity contribution in [3.8, 4) is 0 Å². The highest BCUT2D eigenvalue weighted by Gasteiger charge is 2.09. The molecular weight excluding hydrogens is 294 g/mol. The van der Waals surface area contributed by atoms with Crippen LogP contribution in [0.15, 0.2) is 9.98 Å². The predicted octanol–water partition coefficient (Wildman–Crippen LogP) is 2.37. The Hall–Kier alpha value is 0.220. The normalized spacial score (nSPS) is 17.9. The van der Waals surface area contributed by atoms with Gasteiger partial charge in [0.15, 0.2) is 5.13 Å².